The van der Waals surface area contributed by atoms with E-state index in [1.807, 2.05) is 13.8 Å². The Balaban J connectivity index is 0.00000625. The Morgan fingerprint density at radius 3 is 2.65 bits per heavy atom. The molecule has 0 aliphatic rings. The molecule has 6 nitrogen and oxygen atoms in total. The summed E-state index contributed by atoms with van der Waals surface area (Å²) in [6.07, 6.45) is -3.81. The van der Waals surface area contributed by atoms with Crippen molar-refractivity contribution in [1.29, 1.82) is 0 Å². The maximum atomic E-state index is 12.5. The maximum absolute atomic E-state index is 12.5. The molecule has 11 heteroatoms. The second kappa shape index (κ2) is 12.4. The highest BCUT2D eigenvalue weighted by Gasteiger charge is 2.31. The zero-order valence-corrected chi connectivity index (χ0v) is 17.8. The second-order valence-corrected chi connectivity index (χ2v) is 5.53. The van der Waals surface area contributed by atoms with Crippen molar-refractivity contribution in [3.05, 3.63) is 22.8 Å². The van der Waals surface area contributed by atoms with E-state index in [-0.39, 0.29) is 54.1 Å². The highest BCUT2D eigenvalue weighted by molar-refractivity contribution is 14.0. The van der Waals surface area contributed by atoms with Crippen LogP contribution < -0.4 is 15.4 Å². The average molecular weight is 511 g/mol. The van der Waals surface area contributed by atoms with Gasteiger partial charge in [-0.2, -0.15) is 13.2 Å². The minimum Gasteiger partial charge on any atom is -0.475 e. The fraction of sp³-hybridized carbons (Fsp3) is 0.600. The SMILES string of the molecule is CCNC(=NCCOc1ncc(C(F)(F)F)cc1Cl)NC(C)COC.I. The third-order valence-corrected chi connectivity index (χ3v) is 3.15. The molecule has 1 aromatic rings. The predicted molar refractivity (Wildman–Crippen MR) is 106 cm³/mol. The standard InChI is InChI=1S/C15H22ClF3N4O2.HI/c1-4-20-14(23-10(2)9-24-3)21-5-6-25-13-12(16)7-11(8-22-13)15(17,18)19;/h7-8,10H,4-6,9H2,1-3H3,(H2,20,21,23);1H. The first kappa shape index (κ1) is 25.0. The summed E-state index contributed by atoms with van der Waals surface area (Å²) in [5, 5.41) is 6.02. The van der Waals surface area contributed by atoms with Gasteiger partial charge in [0.2, 0.25) is 5.88 Å². The molecule has 0 aromatic carbocycles. The van der Waals surface area contributed by atoms with Crippen LogP contribution in [0.2, 0.25) is 5.02 Å². The van der Waals surface area contributed by atoms with Crippen molar-refractivity contribution < 1.29 is 22.6 Å². The van der Waals surface area contributed by atoms with Gasteiger partial charge in [0.05, 0.1) is 18.7 Å². The quantitative estimate of drug-likeness (QED) is 0.243. The van der Waals surface area contributed by atoms with Crippen LogP contribution in [0.25, 0.3) is 0 Å². The van der Waals surface area contributed by atoms with Gasteiger partial charge in [-0.25, -0.2) is 9.98 Å². The molecule has 26 heavy (non-hydrogen) atoms. The van der Waals surface area contributed by atoms with Crippen LogP contribution in [-0.4, -0.2) is 50.4 Å². The third kappa shape index (κ3) is 9.08. The second-order valence-electron chi connectivity index (χ2n) is 5.12. The van der Waals surface area contributed by atoms with Crippen molar-refractivity contribution in [1.82, 2.24) is 15.6 Å². The number of aromatic nitrogens is 1. The fourth-order valence-corrected chi connectivity index (χ4v) is 2.05. The van der Waals surface area contributed by atoms with Crippen molar-refractivity contribution in [2.75, 3.05) is 33.4 Å². The highest BCUT2D eigenvalue weighted by atomic mass is 127. The van der Waals surface area contributed by atoms with Gasteiger partial charge < -0.3 is 20.1 Å². The smallest absolute Gasteiger partial charge is 0.417 e. The Hall–Kier alpha value is -1.01. The first-order chi connectivity index (χ1) is 11.8. The Kier molecular flexibility index (Phi) is 11.9. The minimum absolute atomic E-state index is 0. The summed E-state index contributed by atoms with van der Waals surface area (Å²) in [6, 6.07) is 0.848. The molecule has 0 fully saturated rings. The number of nitrogens with one attached hydrogen (secondary N) is 2. The molecule has 0 amide bonds. The van der Waals surface area contributed by atoms with E-state index in [1.54, 1.807) is 7.11 Å². The zero-order valence-electron chi connectivity index (χ0n) is 14.7. The molecular formula is C15H23ClF3IN4O2. The molecule has 0 saturated carbocycles. The van der Waals surface area contributed by atoms with Crippen LogP contribution in [0.1, 0.15) is 19.4 Å². The third-order valence-electron chi connectivity index (χ3n) is 2.88. The minimum atomic E-state index is -4.50. The molecule has 1 atom stereocenters. The molecule has 0 spiro atoms. The van der Waals surface area contributed by atoms with E-state index in [9.17, 15) is 13.2 Å². The van der Waals surface area contributed by atoms with Gasteiger partial charge >= 0.3 is 6.18 Å². The van der Waals surface area contributed by atoms with Crippen molar-refractivity contribution in [3.63, 3.8) is 0 Å². The summed E-state index contributed by atoms with van der Waals surface area (Å²) in [7, 11) is 1.61. The number of guanidine groups is 1. The molecule has 150 valence electrons. The van der Waals surface area contributed by atoms with Gasteiger partial charge in [0, 0.05) is 25.9 Å². The van der Waals surface area contributed by atoms with Crippen LogP contribution >= 0.6 is 35.6 Å². The molecule has 1 heterocycles. The summed E-state index contributed by atoms with van der Waals surface area (Å²) < 4.78 is 48.0. The number of pyridine rings is 1. The molecule has 0 saturated heterocycles. The van der Waals surface area contributed by atoms with Crippen LogP contribution in [0.5, 0.6) is 5.88 Å². The number of nitrogens with zero attached hydrogens (tertiary/aromatic N) is 2. The first-order valence-electron chi connectivity index (χ1n) is 7.67. The van der Waals surface area contributed by atoms with Crippen LogP contribution in [0.4, 0.5) is 13.2 Å². The number of alkyl halides is 3. The van der Waals surface area contributed by atoms with Gasteiger partial charge in [-0.3, -0.25) is 0 Å². The van der Waals surface area contributed by atoms with Gasteiger partial charge in [0.1, 0.15) is 11.6 Å². The summed E-state index contributed by atoms with van der Waals surface area (Å²) in [5.41, 5.74) is -0.923. The Labute approximate surface area is 172 Å². The molecule has 0 radical (unpaired) electrons. The van der Waals surface area contributed by atoms with Gasteiger partial charge in [0.15, 0.2) is 5.96 Å². The Morgan fingerprint density at radius 1 is 1.42 bits per heavy atom. The van der Waals surface area contributed by atoms with E-state index >= 15 is 0 Å². The summed E-state index contributed by atoms with van der Waals surface area (Å²) in [4.78, 5) is 7.90. The van der Waals surface area contributed by atoms with Crippen LogP contribution in [0.3, 0.4) is 0 Å². The first-order valence-corrected chi connectivity index (χ1v) is 8.05. The number of aliphatic imine (C=N–C) groups is 1. The maximum Gasteiger partial charge on any atom is 0.417 e. The van der Waals surface area contributed by atoms with Crippen LogP contribution in [-0.2, 0) is 10.9 Å². The van der Waals surface area contributed by atoms with Gasteiger partial charge in [0.25, 0.3) is 0 Å². The monoisotopic (exact) mass is 510 g/mol. The van der Waals surface area contributed by atoms with Crippen molar-refractivity contribution in [2.24, 2.45) is 4.99 Å². The Morgan fingerprint density at radius 2 is 2.12 bits per heavy atom. The molecule has 0 aliphatic heterocycles. The van der Waals surface area contributed by atoms with Crippen molar-refractivity contribution in [3.8, 4) is 5.88 Å². The molecule has 1 rings (SSSR count). The van der Waals surface area contributed by atoms with Crippen LogP contribution in [0.15, 0.2) is 17.3 Å². The molecule has 0 aliphatic carbocycles. The number of halogens is 5. The lowest BCUT2D eigenvalue weighted by Gasteiger charge is -2.17. The van der Waals surface area contributed by atoms with Gasteiger partial charge in [-0.15, -0.1) is 24.0 Å². The molecule has 0 bridgehead atoms. The summed E-state index contributed by atoms with van der Waals surface area (Å²) in [5.74, 6) is 0.526. The van der Waals surface area contributed by atoms with Crippen molar-refractivity contribution in [2.45, 2.75) is 26.1 Å². The lowest BCUT2D eigenvalue weighted by molar-refractivity contribution is -0.137. The van der Waals surface area contributed by atoms with E-state index in [0.717, 1.165) is 6.07 Å². The number of ether oxygens (including phenoxy) is 2. The zero-order chi connectivity index (χ0) is 18.9. The largest absolute Gasteiger partial charge is 0.475 e. The van der Waals surface area contributed by atoms with Crippen LogP contribution in [0, 0.1) is 0 Å². The lowest BCUT2D eigenvalue weighted by Crippen LogP contribution is -2.44. The van der Waals surface area contributed by atoms with Gasteiger partial charge in [-0.1, -0.05) is 11.6 Å². The number of rotatable bonds is 8. The number of hydrogen-bond acceptors (Lipinski definition) is 4. The van der Waals surface area contributed by atoms with E-state index in [1.165, 1.54) is 0 Å². The van der Waals surface area contributed by atoms with Gasteiger partial charge in [-0.05, 0) is 19.9 Å². The normalized spacial score (nSPS) is 13.0. The molecular weight excluding hydrogens is 488 g/mol. The van der Waals surface area contributed by atoms with E-state index in [0.29, 0.717) is 25.3 Å². The number of hydrogen-bond donors (Lipinski definition) is 2. The van der Waals surface area contributed by atoms with Crippen molar-refractivity contribution >= 4 is 41.5 Å². The topological polar surface area (TPSA) is 67.8 Å². The fourth-order valence-electron chi connectivity index (χ4n) is 1.83. The van der Waals surface area contributed by atoms with E-state index in [4.69, 9.17) is 21.1 Å². The predicted octanol–water partition coefficient (Wildman–Crippen LogP) is 3.34. The molecule has 1 aromatic heterocycles. The number of methoxy groups -OCH3 is 1. The van der Waals surface area contributed by atoms with E-state index < -0.39 is 11.7 Å². The lowest BCUT2D eigenvalue weighted by atomic mass is 10.3. The average Bonchev–Trinajstić information content (AvgIpc) is 2.52. The highest BCUT2D eigenvalue weighted by Crippen LogP contribution is 2.32. The molecule has 1 unspecified atom stereocenters. The Bertz CT molecular complexity index is 576. The summed E-state index contributed by atoms with van der Waals surface area (Å²) in [6.45, 7) is 5.46. The summed E-state index contributed by atoms with van der Waals surface area (Å²) >= 11 is 5.77. The van der Waals surface area contributed by atoms with E-state index in [2.05, 4.69) is 20.6 Å². The molecule has 2 N–H and O–H groups in total.